The first-order valence-electron chi connectivity index (χ1n) is 8.59. The molecule has 0 aliphatic heterocycles. The number of hydrogen-bond acceptors (Lipinski definition) is 4. The lowest BCUT2D eigenvalue weighted by molar-refractivity contribution is 0.275. The fraction of sp³-hybridized carbons (Fsp3) is 0.350. The molecule has 0 heterocycles. The highest BCUT2D eigenvalue weighted by Gasteiger charge is 2.14. The number of rotatable bonds is 7. The Labute approximate surface area is 182 Å². The number of hydrogen-bond donors (Lipinski definition) is 3. The van der Waals surface area contributed by atoms with Crippen LogP contribution in [0, 0.1) is 5.82 Å². The molecule has 0 amide bonds. The van der Waals surface area contributed by atoms with E-state index in [0.29, 0.717) is 12.5 Å². The number of nitrogens with zero attached hydrogens (tertiary/aromatic N) is 1. The molecular weight excluding hydrogens is 476 g/mol. The van der Waals surface area contributed by atoms with Crippen molar-refractivity contribution in [3.05, 3.63) is 58.9 Å². The molecule has 0 fully saturated rings. The predicted molar refractivity (Wildman–Crippen MR) is 119 cm³/mol. The van der Waals surface area contributed by atoms with Crippen LogP contribution in [0.25, 0.3) is 0 Å². The molecule has 0 aliphatic carbocycles. The zero-order valence-corrected chi connectivity index (χ0v) is 18.8. The lowest BCUT2D eigenvalue weighted by atomic mass is 10.1. The summed E-state index contributed by atoms with van der Waals surface area (Å²) in [7, 11) is 4.92. The summed E-state index contributed by atoms with van der Waals surface area (Å²) in [5, 5.41) is 15.7. The molecule has 0 saturated carbocycles. The molecule has 28 heavy (non-hydrogen) atoms. The average molecular weight is 503 g/mol. The molecule has 0 aromatic heterocycles. The second-order valence-electron chi connectivity index (χ2n) is 5.98. The van der Waals surface area contributed by atoms with Crippen molar-refractivity contribution in [2.24, 2.45) is 4.99 Å². The van der Waals surface area contributed by atoms with Gasteiger partial charge in [0.2, 0.25) is 0 Å². The van der Waals surface area contributed by atoms with Gasteiger partial charge >= 0.3 is 0 Å². The van der Waals surface area contributed by atoms with Crippen LogP contribution in [0.1, 0.15) is 29.7 Å². The highest BCUT2D eigenvalue weighted by molar-refractivity contribution is 14.0. The van der Waals surface area contributed by atoms with Crippen molar-refractivity contribution in [2.75, 3.05) is 21.3 Å². The Bertz CT molecular complexity index is 802. The minimum Gasteiger partial charge on any atom is -0.497 e. The van der Waals surface area contributed by atoms with Crippen molar-refractivity contribution in [1.29, 1.82) is 0 Å². The van der Waals surface area contributed by atoms with Gasteiger partial charge in [0, 0.05) is 24.7 Å². The van der Waals surface area contributed by atoms with Gasteiger partial charge in [-0.3, -0.25) is 4.99 Å². The van der Waals surface area contributed by atoms with Crippen molar-refractivity contribution in [3.8, 4) is 11.5 Å². The maximum absolute atomic E-state index is 13.5. The highest BCUT2D eigenvalue weighted by atomic mass is 127. The second-order valence-corrected chi connectivity index (χ2v) is 5.98. The number of benzene rings is 2. The van der Waals surface area contributed by atoms with Crippen LogP contribution in [-0.2, 0) is 13.2 Å². The van der Waals surface area contributed by atoms with Crippen LogP contribution in [0.15, 0.2) is 41.4 Å². The number of methoxy groups -OCH3 is 2. The fourth-order valence-corrected chi connectivity index (χ4v) is 2.70. The quantitative estimate of drug-likeness (QED) is 0.307. The van der Waals surface area contributed by atoms with E-state index in [1.54, 1.807) is 33.4 Å². The van der Waals surface area contributed by atoms with Crippen molar-refractivity contribution in [2.45, 2.75) is 26.1 Å². The van der Waals surface area contributed by atoms with Crippen molar-refractivity contribution < 1.29 is 19.0 Å². The van der Waals surface area contributed by atoms with Gasteiger partial charge < -0.3 is 25.2 Å². The maximum atomic E-state index is 13.5. The number of aliphatic hydroxyl groups excluding tert-OH is 1. The molecule has 154 valence electrons. The van der Waals surface area contributed by atoms with Gasteiger partial charge in [-0.2, -0.15) is 0 Å². The molecule has 2 aromatic rings. The largest absolute Gasteiger partial charge is 0.497 e. The third kappa shape index (κ3) is 6.23. The molecule has 3 N–H and O–H groups in total. The smallest absolute Gasteiger partial charge is 0.191 e. The number of aliphatic hydroxyl groups is 1. The monoisotopic (exact) mass is 503 g/mol. The Balaban J connectivity index is 0.00000392. The van der Waals surface area contributed by atoms with Gasteiger partial charge in [-0.05, 0) is 42.8 Å². The summed E-state index contributed by atoms with van der Waals surface area (Å²) in [6.07, 6.45) is 0. The molecular formula is C20H27FIN3O3. The van der Waals surface area contributed by atoms with Gasteiger partial charge in [0.15, 0.2) is 5.96 Å². The first-order chi connectivity index (χ1) is 13.0. The summed E-state index contributed by atoms with van der Waals surface area (Å²) in [5.74, 6) is 1.66. The first-order valence-corrected chi connectivity index (χ1v) is 8.59. The van der Waals surface area contributed by atoms with E-state index in [0.717, 1.165) is 22.6 Å². The van der Waals surface area contributed by atoms with E-state index < -0.39 is 5.82 Å². The van der Waals surface area contributed by atoms with Gasteiger partial charge in [-0.15, -0.1) is 24.0 Å². The lowest BCUT2D eigenvalue weighted by Crippen LogP contribution is -2.38. The molecule has 6 nitrogen and oxygen atoms in total. The number of nitrogens with one attached hydrogen (secondary N) is 2. The number of aliphatic imine (C=N–C) groups is 1. The van der Waals surface area contributed by atoms with Gasteiger partial charge in [0.05, 0.1) is 26.9 Å². The minimum absolute atomic E-state index is 0. The number of halogens is 2. The number of ether oxygens (including phenoxy) is 2. The van der Waals surface area contributed by atoms with E-state index in [4.69, 9.17) is 9.47 Å². The van der Waals surface area contributed by atoms with Crippen LogP contribution >= 0.6 is 24.0 Å². The van der Waals surface area contributed by atoms with Gasteiger partial charge in [0.25, 0.3) is 0 Å². The molecule has 0 aliphatic rings. The maximum Gasteiger partial charge on any atom is 0.191 e. The Kier molecular flexibility index (Phi) is 10.0. The van der Waals surface area contributed by atoms with E-state index in [1.165, 1.54) is 6.07 Å². The number of guanidine groups is 1. The van der Waals surface area contributed by atoms with E-state index in [-0.39, 0.29) is 42.2 Å². The summed E-state index contributed by atoms with van der Waals surface area (Å²) in [4.78, 5) is 4.23. The third-order valence-electron chi connectivity index (χ3n) is 4.22. The minimum atomic E-state index is -0.414. The second kappa shape index (κ2) is 11.7. The van der Waals surface area contributed by atoms with Gasteiger partial charge in [-0.25, -0.2) is 4.39 Å². The molecule has 2 aromatic carbocycles. The van der Waals surface area contributed by atoms with Crippen LogP contribution in [0.5, 0.6) is 11.5 Å². The molecule has 0 radical (unpaired) electrons. The summed E-state index contributed by atoms with van der Waals surface area (Å²) in [6, 6.07) is 10.2. The molecule has 2 rings (SSSR count). The van der Waals surface area contributed by atoms with E-state index in [1.807, 2.05) is 25.1 Å². The highest BCUT2D eigenvalue weighted by Crippen LogP contribution is 2.29. The Hall–Kier alpha value is -2.07. The summed E-state index contributed by atoms with van der Waals surface area (Å²) in [6.45, 7) is 2.10. The SMILES string of the molecule is CN=C(NCc1ccc(F)c(CO)c1)NC(C)c1cc(OC)ccc1OC.I. The van der Waals surface area contributed by atoms with Crippen molar-refractivity contribution >= 4 is 29.9 Å². The zero-order chi connectivity index (χ0) is 19.8. The van der Waals surface area contributed by atoms with Crippen LogP contribution in [0.4, 0.5) is 4.39 Å². The molecule has 1 unspecified atom stereocenters. The predicted octanol–water partition coefficient (Wildman–Crippen LogP) is 3.38. The Morgan fingerprint density at radius 1 is 1.18 bits per heavy atom. The van der Waals surface area contributed by atoms with Gasteiger partial charge in [-0.1, -0.05) is 6.07 Å². The molecule has 0 spiro atoms. The van der Waals surface area contributed by atoms with Crippen LogP contribution in [-0.4, -0.2) is 32.3 Å². The van der Waals surface area contributed by atoms with E-state index in [9.17, 15) is 9.50 Å². The molecule has 8 heteroatoms. The van der Waals surface area contributed by atoms with Gasteiger partial charge in [0.1, 0.15) is 17.3 Å². The average Bonchev–Trinajstić information content (AvgIpc) is 2.71. The van der Waals surface area contributed by atoms with Crippen LogP contribution in [0.2, 0.25) is 0 Å². The molecule has 0 bridgehead atoms. The lowest BCUT2D eigenvalue weighted by Gasteiger charge is -2.21. The molecule has 1 atom stereocenters. The van der Waals surface area contributed by atoms with E-state index >= 15 is 0 Å². The summed E-state index contributed by atoms with van der Waals surface area (Å²) < 4.78 is 24.2. The Morgan fingerprint density at radius 2 is 1.93 bits per heavy atom. The first kappa shape index (κ1) is 24.0. The summed E-state index contributed by atoms with van der Waals surface area (Å²) >= 11 is 0. The fourth-order valence-electron chi connectivity index (χ4n) is 2.70. The van der Waals surface area contributed by atoms with Crippen LogP contribution in [0.3, 0.4) is 0 Å². The van der Waals surface area contributed by atoms with Crippen molar-refractivity contribution in [3.63, 3.8) is 0 Å². The van der Waals surface area contributed by atoms with Crippen molar-refractivity contribution in [1.82, 2.24) is 10.6 Å². The van der Waals surface area contributed by atoms with Crippen LogP contribution < -0.4 is 20.1 Å². The zero-order valence-electron chi connectivity index (χ0n) is 16.5. The standard InChI is InChI=1S/C20H26FN3O3.HI/c1-13(17-10-16(26-3)6-8-19(17)27-4)24-20(22-2)23-11-14-5-7-18(21)15(9-14)12-25;/h5-10,13,25H,11-12H2,1-4H3,(H2,22,23,24);1H. The topological polar surface area (TPSA) is 75.1 Å². The third-order valence-corrected chi connectivity index (χ3v) is 4.22. The summed E-state index contributed by atoms with van der Waals surface area (Å²) in [5.41, 5.74) is 2.05. The normalized spacial score (nSPS) is 12.0. The molecule has 0 saturated heterocycles. The Morgan fingerprint density at radius 3 is 2.54 bits per heavy atom. The van der Waals surface area contributed by atoms with E-state index in [2.05, 4.69) is 15.6 Å².